The molecule has 6 nitrogen and oxygen atoms in total. The highest BCUT2D eigenvalue weighted by atomic mass is 79.9. The van der Waals surface area contributed by atoms with Gasteiger partial charge in [0.2, 0.25) is 0 Å². The van der Waals surface area contributed by atoms with Gasteiger partial charge in [0.1, 0.15) is 0 Å². The van der Waals surface area contributed by atoms with Gasteiger partial charge in [0.05, 0.1) is 11.7 Å². The molecule has 24 heavy (non-hydrogen) atoms. The number of nitrogens with one attached hydrogen (secondary N) is 2. The molecule has 0 atom stereocenters. The van der Waals surface area contributed by atoms with E-state index in [2.05, 4.69) is 36.9 Å². The van der Waals surface area contributed by atoms with Crippen LogP contribution in [0.3, 0.4) is 0 Å². The molecule has 1 aliphatic rings. The first-order chi connectivity index (χ1) is 11.1. The summed E-state index contributed by atoms with van der Waals surface area (Å²) in [6.45, 7) is 4.35. The van der Waals surface area contributed by atoms with Crippen molar-refractivity contribution in [1.82, 2.24) is 25.6 Å². The van der Waals surface area contributed by atoms with E-state index in [0.29, 0.717) is 18.3 Å². The Morgan fingerprint density at radius 3 is 2.67 bits per heavy atom. The molecular weight excluding hydrogens is 394 g/mol. The highest BCUT2D eigenvalue weighted by Crippen LogP contribution is 2.20. The van der Waals surface area contributed by atoms with Gasteiger partial charge in [0.25, 0.3) is 5.91 Å². The fourth-order valence-corrected chi connectivity index (χ4v) is 3.08. The number of nitrogens with zero attached hydrogens (tertiary/aromatic N) is 3. The normalized spacial score (nSPS) is 14.9. The van der Waals surface area contributed by atoms with Crippen molar-refractivity contribution in [3.63, 3.8) is 0 Å². The van der Waals surface area contributed by atoms with Gasteiger partial charge in [-0.1, -0.05) is 33.3 Å². The number of amides is 1. The molecule has 0 spiro atoms. The van der Waals surface area contributed by atoms with Crippen molar-refractivity contribution < 1.29 is 4.79 Å². The van der Waals surface area contributed by atoms with Gasteiger partial charge in [-0.15, -0.1) is 17.5 Å². The average Bonchev–Trinajstić information content (AvgIpc) is 2.96. The van der Waals surface area contributed by atoms with Crippen molar-refractivity contribution in [3.8, 4) is 0 Å². The van der Waals surface area contributed by atoms with Crippen LogP contribution in [0, 0.1) is 6.92 Å². The maximum atomic E-state index is 12.4. The predicted octanol–water partition coefficient (Wildman–Crippen LogP) is 2.63. The molecule has 2 heterocycles. The first-order valence-electron chi connectivity index (χ1n) is 7.80. The number of halogens is 2. The second-order valence-electron chi connectivity index (χ2n) is 5.76. The van der Waals surface area contributed by atoms with Crippen molar-refractivity contribution in [2.24, 2.45) is 0 Å². The van der Waals surface area contributed by atoms with Crippen LogP contribution >= 0.6 is 28.3 Å². The number of hydrogen-bond donors (Lipinski definition) is 2. The van der Waals surface area contributed by atoms with Gasteiger partial charge in [-0.05, 0) is 50.6 Å². The summed E-state index contributed by atoms with van der Waals surface area (Å²) in [5.41, 5.74) is 2.30. The van der Waals surface area contributed by atoms with E-state index < -0.39 is 0 Å². The third-order valence-electron chi connectivity index (χ3n) is 4.16. The standard InChI is InChI=1S/C16H20BrN5O.ClH/c1-11-15(20-21-22(11)14-6-8-18-9-7-14)16(23)19-10-12-2-4-13(17)5-3-12;/h2-5,14,18H,6-10H2,1H3,(H,19,23);1H. The summed E-state index contributed by atoms with van der Waals surface area (Å²) in [7, 11) is 0. The van der Waals surface area contributed by atoms with Crippen LogP contribution in [0.5, 0.6) is 0 Å². The van der Waals surface area contributed by atoms with Gasteiger partial charge in [-0.2, -0.15) is 0 Å². The molecule has 8 heteroatoms. The minimum absolute atomic E-state index is 0. The van der Waals surface area contributed by atoms with Crippen molar-refractivity contribution >= 4 is 34.2 Å². The molecular formula is C16H21BrClN5O. The van der Waals surface area contributed by atoms with Crippen molar-refractivity contribution in [3.05, 3.63) is 45.7 Å². The second kappa shape index (κ2) is 8.60. The predicted molar refractivity (Wildman–Crippen MR) is 98.5 cm³/mol. The number of carbonyl (C=O) groups excluding carboxylic acids is 1. The number of benzene rings is 1. The number of piperidine rings is 1. The minimum atomic E-state index is -0.175. The largest absolute Gasteiger partial charge is 0.347 e. The monoisotopic (exact) mass is 413 g/mol. The zero-order valence-electron chi connectivity index (χ0n) is 13.5. The zero-order valence-corrected chi connectivity index (χ0v) is 15.9. The lowest BCUT2D eigenvalue weighted by molar-refractivity contribution is 0.0945. The van der Waals surface area contributed by atoms with Gasteiger partial charge in [-0.3, -0.25) is 4.79 Å². The molecule has 0 bridgehead atoms. The molecule has 0 radical (unpaired) electrons. The van der Waals surface area contributed by atoms with Gasteiger partial charge in [0, 0.05) is 11.0 Å². The third kappa shape index (κ3) is 4.34. The topological polar surface area (TPSA) is 71.8 Å². The zero-order chi connectivity index (χ0) is 16.2. The lowest BCUT2D eigenvalue weighted by atomic mass is 10.1. The molecule has 0 aliphatic carbocycles. The van der Waals surface area contributed by atoms with E-state index in [1.807, 2.05) is 35.9 Å². The van der Waals surface area contributed by atoms with E-state index in [9.17, 15) is 4.79 Å². The summed E-state index contributed by atoms with van der Waals surface area (Å²) in [6, 6.07) is 8.20. The van der Waals surface area contributed by atoms with Crippen LogP contribution in [0.4, 0.5) is 0 Å². The Morgan fingerprint density at radius 1 is 1.33 bits per heavy atom. The van der Waals surface area contributed by atoms with E-state index in [4.69, 9.17) is 0 Å². The fraction of sp³-hybridized carbons (Fsp3) is 0.438. The molecule has 0 unspecified atom stereocenters. The molecule has 1 amide bonds. The molecule has 2 N–H and O–H groups in total. The van der Waals surface area contributed by atoms with Crippen LogP contribution in [0.15, 0.2) is 28.7 Å². The molecule has 1 saturated heterocycles. The van der Waals surface area contributed by atoms with Crippen LogP contribution < -0.4 is 10.6 Å². The number of carbonyl (C=O) groups is 1. The van der Waals surface area contributed by atoms with Crippen LogP contribution in [0.1, 0.15) is 40.6 Å². The molecule has 1 fully saturated rings. The van der Waals surface area contributed by atoms with Crippen LogP contribution in [0.25, 0.3) is 0 Å². The van der Waals surface area contributed by atoms with Gasteiger partial charge >= 0.3 is 0 Å². The smallest absolute Gasteiger partial charge is 0.274 e. The quantitative estimate of drug-likeness (QED) is 0.807. The summed E-state index contributed by atoms with van der Waals surface area (Å²) >= 11 is 3.40. The highest BCUT2D eigenvalue weighted by molar-refractivity contribution is 9.10. The average molecular weight is 415 g/mol. The number of aromatic nitrogens is 3. The molecule has 2 aromatic rings. The van der Waals surface area contributed by atoms with E-state index in [0.717, 1.165) is 41.7 Å². The SMILES string of the molecule is Cc1c(C(=O)NCc2ccc(Br)cc2)nnn1C1CCNCC1.Cl. The Bertz CT molecular complexity index is 682. The lowest BCUT2D eigenvalue weighted by Gasteiger charge is -2.23. The summed E-state index contributed by atoms with van der Waals surface area (Å²) in [6.07, 6.45) is 2.04. The van der Waals surface area contributed by atoms with E-state index in [-0.39, 0.29) is 18.3 Å². The van der Waals surface area contributed by atoms with Gasteiger partial charge < -0.3 is 10.6 Å². The first-order valence-corrected chi connectivity index (χ1v) is 8.59. The molecule has 1 aromatic carbocycles. The highest BCUT2D eigenvalue weighted by Gasteiger charge is 2.22. The number of hydrogen-bond acceptors (Lipinski definition) is 4. The Balaban J connectivity index is 0.00000208. The van der Waals surface area contributed by atoms with Crippen molar-refractivity contribution in [2.45, 2.75) is 32.4 Å². The van der Waals surface area contributed by atoms with Crippen molar-refractivity contribution in [1.29, 1.82) is 0 Å². The Morgan fingerprint density at radius 2 is 2.00 bits per heavy atom. The molecule has 3 rings (SSSR count). The van der Waals surface area contributed by atoms with E-state index in [1.165, 1.54) is 0 Å². The summed E-state index contributed by atoms with van der Waals surface area (Å²) in [5.74, 6) is -0.175. The second-order valence-corrected chi connectivity index (χ2v) is 6.67. The lowest BCUT2D eigenvalue weighted by Crippen LogP contribution is -2.30. The minimum Gasteiger partial charge on any atom is -0.347 e. The molecule has 1 aliphatic heterocycles. The van der Waals surface area contributed by atoms with E-state index >= 15 is 0 Å². The molecule has 0 saturated carbocycles. The van der Waals surface area contributed by atoms with Crippen LogP contribution in [0.2, 0.25) is 0 Å². The summed E-state index contributed by atoms with van der Waals surface area (Å²) in [5, 5.41) is 14.5. The maximum Gasteiger partial charge on any atom is 0.274 e. The summed E-state index contributed by atoms with van der Waals surface area (Å²) in [4.78, 5) is 12.4. The van der Waals surface area contributed by atoms with Crippen LogP contribution in [-0.4, -0.2) is 34.0 Å². The summed E-state index contributed by atoms with van der Waals surface area (Å²) < 4.78 is 2.92. The molecule has 1 aromatic heterocycles. The Kier molecular flexibility index (Phi) is 6.77. The van der Waals surface area contributed by atoms with Gasteiger partial charge in [0.15, 0.2) is 5.69 Å². The third-order valence-corrected chi connectivity index (χ3v) is 4.69. The van der Waals surface area contributed by atoms with Gasteiger partial charge in [-0.25, -0.2) is 4.68 Å². The van der Waals surface area contributed by atoms with Crippen LogP contribution in [-0.2, 0) is 6.54 Å². The van der Waals surface area contributed by atoms with Crippen molar-refractivity contribution in [2.75, 3.05) is 13.1 Å². The Hall–Kier alpha value is -1.44. The number of rotatable bonds is 4. The first kappa shape index (κ1) is 18.9. The fourth-order valence-electron chi connectivity index (χ4n) is 2.82. The molecule has 130 valence electrons. The Labute approximate surface area is 155 Å². The van der Waals surface area contributed by atoms with E-state index in [1.54, 1.807) is 0 Å². The maximum absolute atomic E-state index is 12.4.